The molecule has 0 fully saturated rings. The van der Waals surface area contributed by atoms with E-state index in [-0.39, 0.29) is 11.3 Å². The van der Waals surface area contributed by atoms with Crippen molar-refractivity contribution in [2.45, 2.75) is 6.10 Å². The summed E-state index contributed by atoms with van der Waals surface area (Å²) in [6, 6.07) is 6.22. The molecule has 0 bridgehead atoms. The van der Waals surface area contributed by atoms with E-state index in [1.165, 1.54) is 12.3 Å². The van der Waals surface area contributed by atoms with Crippen molar-refractivity contribution in [3.63, 3.8) is 0 Å². The molecule has 17 heavy (non-hydrogen) atoms. The van der Waals surface area contributed by atoms with Gasteiger partial charge in [-0.2, -0.15) is 8.75 Å². The zero-order valence-electron chi connectivity index (χ0n) is 8.50. The van der Waals surface area contributed by atoms with Crippen LogP contribution in [0.1, 0.15) is 17.6 Å². The predicted molar refractivity (Wildman–Crippen MR) is 60.1 cm³/mol. The van der Waals surface area contributed by atoms with Crippen LogP contribution < -0.4 is 0 Å². The number of furan rings is 1. The fourth-order valence-corrected chi connectivity index (χ4v) is 2.06. The van der Waals surface area contributed by atoms with Gasteiger partial charge in [0.05, 0.1) is 17.9 Å². The third-order valence-electron chi connectivity index (χ3n) is 2.44. The Bertz CT molecular complexity index is 651. The average molecular weight is 250 g/mol. The Labute approximate surface area is 99.7 Å². The van der Waals surface area contributed by atoms with Crippen molar-refractivity contribution in [3.05, 3.63) is 47.7 Å². The number of aliphatic hydroxyl groups is 1. The van der Waals surface area contributed by atoms with E-state index in [0.29, 0.717) is 11.1 Å². The van der Waals surface area contributed by atoms with Gasteiger partial charge in [-0.1, -0.05) is 12.1 Å². The van der Waals surface area contributed by atoms with Crippen molar-refractivity contribution in [1.29, 1.82) is 0 Å². The summed E-state index contributed by atoms with van der Waals surface area (Å²) in [6.45, 7) is 0. The third kappa shape index (κ3) is 1.71. The summed E-state index contributed by atoms with van der Waals surface area (Å²) in [5, 5.41) is 10.6. The first kappa shape index (κ1) is 10.4. The van der Waals surface area contributed by atoms with Crippen molar-refractivity contribution >= 4 is 22.7 Å². The Hall–Kier alpha value is -1.79. The largest absolute Gasteiger partial charge is 0.455 e. The monoisotopic (exact) mass is 250 g/mol. The lowest BCUT2D eigenvalue weighted by Crippen LogP contribution is -1.97. The van der Waals surface area contributed by atoms with E-state index in [1.807, 2.05) is 0 Å². The lowest BCUT2D eigenvalue weighted by Gasteiger charge is -2.01. The van der Waals surface area contributed by atoms with Crippen LogP contribution in [-0.2, 0) is 0 Å². The van der Waals surface area contributed by atoms with E-state index in [9.17, 15) is 9.50 Å². The highest BCUT2D eigenvalue weighted by atomic mass is 32.1. The van der Waals surface area contributed by atoms with Crippen LogP contribution in [0.2, 0.25) is 0 Å². The van der Waals surface area contributed by atoms with Gasteiger partial charge in [-0.05, 0) is 12.1 Å². The zero-order chi connectivity index (χ0) is 11.8. The second-order valence-electron chi connectivity index (χ2n) is 3.54. The smallest absolute Gasteiger partial charge is 0.170 e. The number of rotatable bonds is 2. The van der Waals surface area contributed by atoms with Crippen LogP contribution in [-0.4, -0.2) is 13.9 Å². The molecule has 0 saturated heterocycles. The molecule has 4 nitrogen and oxygen atoms in total. The lowest BCUT2D eigenvalue weighted by atomic mass is 10.2. The van der Waals surface area contributed by atoms with Gasteiger partial charge in [0.2, 0.25) is 0 Å². The van der Waals surface area contributed by atoms with Crippen molar-refractivity contribution in [2.24, 2.45) is 0 Å². The van der Waals surface area contributed by atoms with Crippen molar-refractivity contribution in [2.75, 3.05) is 0 Å². The maximum atomic E-state index is 13.4. The maximum Gasteiger partial charge on any atom is 0.170 e. The lowest BCUT2D eigenvalue weighted by molar-refractivity contribution is 0.188. The molecule has 0 aliphatic heterocycles. The SMILES string of the molecule is OC(c1cnsn1)c1cc2cccc(F)c2o1. The van der Waals surface area contributed by atoms with Crippen LogP contribution in [0.25, 0.3) is 11.0 Å². The average Bonchev–Trinajstić information content (AvgIpc) is 2.98. The van der Waals surface area contributed by atoms with E-state index >= 15 is 0 Å². The maximum absolute atomic E-state index is 13.4. The zero-order valence-corrected chi connectivity index (χ0v) is 9.32. The van der Waals surface area contributed by atoms with Crippen molar-refractivity contribution < 1.29 is 13.9 Å². The molecule has 0 radical (unpaired) electrons. The molecule has 86 valence electrons. The molecule has 6 heteroatoms. The van der Waals surface area contributed by atoms with Crippen LogP contribution in [0.15, 0.2) is 34.9 Å². The molecule has 0 aliphatic rings. The van der Waals surface area contributed by atoms with E-state index in [2.05, 4.69) is 8.75 Å². The highest BCUT2D eigenvalue weighted by Gasteiger charge is 2.19. The molecule has 3 aromatic rings. The number of aromatic nitrogens is 2. The summed E-state index contributed by atoms with van der Waals surface area (Å²) in [7, 11) is 0. The summed E-state index contributed by atoms with van der Waals surface area (Å²) in [4.78, 5) is 0. The molecular formula is C11H7FN2O2S. The Morgan fingerprint density at radius 1 is 1.41 bits per heavy atom. The number of nitrogens with zero attached hydrogens (tertiary/aromatic N) is 2. The van der Waals surface area contributed by atoms with Gasteiger partial charge < -0.3 is 9.52 Å². The molecular weight excluding hydrogens is 243 g/mol. The fourth-order valence-electron chi connectivity index (χ4n) is 1.62. The van der Waals surface area contributed by atoms with Crippen LogP contribution in [0.3, 0.4) is 0 Å². The van der Waals surface area contributed by atoms with Crippen molar-refractivity contribution in [1.82, 2.24) is 8.75 Å². The van der Waals surface area contributed by atoms with Gasteiger partial charge in [0.1, 0.15) is 11.5 Å². The van der Waals surface area contributed by atoms with Gasteiger partial charge in [-0.15, -0.1) is 0 Å². The van der Waals surface area contributed by atoms with Crippen LogP contribution in [0, 0.1) is 5.82 Å². The molecule has 0 amide bonds. The highest BCUT2D eigenvalue weighted by molar-refractivity contribution is 6.99. The Balaban J connectivity index is 2.10. The number of hydrogen-bond acceptors (Lipinski definition) is 5. The number of aliphatic hydroxyl groups excluding tert-OH is 1. The minimum Gasteiger partial charge on any atom is -0.455 e. The van der Waals surface area contributed by atoms with Crippen molar-refractivity contribution in [3.8, 4) is 0 Å². The Morgan fingerprint density at radius 3 is 3.00 bits per heavy atom. The molecule has 1 N–H and O–H groups in total. The number of fused-ring (bicyclic) bond motifs is 1. The number of benzene rings is 1. The Morgan fingerprint density at radius 2 is 2.29 bits per heavy atom. The molecule has 3 rings (SSSR count). The predicted octanol–water partition coefficient (Wildman–Crippen LogP) is 2.51. The number of para-hydroxylation sites is 1. The normalized spacial score (nSPS) is 13.1. The summed E-state index contributed by atoms with van der Waals surface area (Å²) in [5.74, 6) is -0.185. The van der Waals surface area contributed by atoms with Gasteiger partial charge in [-0.25, -0.2) is 4.39 Å². The van der Waals surface area contributed by atoms with Gasteiger partial charge in [0.25, 0.3) is 0 Å². The molecule has 1 unspecified atom stereocenters. The van der Waals surface area contributed by atoms with Crippen LogP contribution >= 0.6 is 11.7 Å². The molecule has 2 aromatic heterocycles. The van der Waals surface area contributed by atoms with E-state index in [1.54, 1.807) is 18.2 Å². The summed E-state index contributed by atoms with van der Waals surface area (Å²) in [6.07, 6.45) is 0.444. The number of hydrogen-bond donors (Lipinski definition) is 1. The molecule has 1 atom stereocenters. The minimum absolute atomic E-state index is 0.143. The molecule has 0 aliphatic carbocycles. The topological polar surface area (TPSA) is 59.2 Å². The first-order valence-electron chi connectivity index (χ1n) is 4.89. The Kier molecular flexibility index (Phi) is 2.38. The second-order valence-corrected chi connectivity index (χ2v) is 4.10. The second kappa shape index (κ2) is 3.90. The van der Waals surface area contributed by atoms with Gasteiger partial charge in [0.15, 0.2) is 17.5 Å². The molecule has 0 saturated carbocycles. The number of halogens is 1. The molecule has 0 spiro atoms. The summed E-state index contributed by atoms with van der Waals surface area (Å²) >= 11 is 0.997. The first-order valence-corrected chi connectivity index (χ1v) is 5.62. The first-order chi connectivity index (χ1) is 8.25. The molecule has 2 heterocycles. The third-order valence-corrected chi connectivity index (χ3v) is 2.94. The quantitative estimate of drug-likeness (QED) is 0.759. The van der Waals surface area contributed by atoms with E-state index in [4.69, 9.17) is 4.42 Å². The minimum atomic E-state index is -1.01. The summed E-state index contributed by atoms with van der Waals surface area (Å²) < 4.78 is 26.4. The van der Waals surface area contributed by atoms with E-state index in [0.717, 1.165) is 11.7 Å². The van der Waals surface area contributed by atoms with Gasteiger partial charge in [-0.3, -0.25) is 0 Å². The van der Waals surface area contributed by atoms with Crippen LogP contribution in [0.4, 0.5) is 4.39 Å². The standard InChI is InChI=1S/C11H7FN2O2S/c12-7-3-1-2-6-4-9(16-11(6)7)10(15)8-5-13-17-14-8/h1-5,10,15H. The molecule has 1 aromatic carbocycles. The van der Waals surface area contributed by atoms with E-state index < -0.39 is 11.9 Å². The highest BCUT2D eigenvalue weighted by Crippen LogP contribution is 2.28. The van der Waals surface area contributed by atoms with Gasteiger partial charge in [0, 0.05) is 5.39 Å². The fraction of sp³-hybridized carbons (Fsp3) is 0.0909. The summed E-state index contributed by atoms with van der Waals surface area (Å²) in [5.41, 5.74) is 0.541. The van der Waals surface area contributed by atoms with Gasteiger partial charge >= 0.3 is 0 Å². The van der Waals surface area contributed by atoms with Crippen LogP contribution in [0.5, 0.6) is 0 Å².